The highest BCUT2D eigenvalue weighted by molar-refractivity contribution is 9.08. The van der Waals surface area contributed by atoms with Crippen LogP contribution in [0, 0.1) is 0 Å². The van der Waals surface area contributed by atoms with Crippen LogP contribution >= 0.6 is 15.9 Å². The van der Waals surface area contributed by atoms with Crippen LogP contribution in [0.1, 0.15) is 46.2 Å². The van der Waals surface area contributed by atoms with Crippen molar-refractivity contribution in [2.75, 3.05) is 0 Å². The summed E-state index contributed by atoms with van der Waals surface area (Å²) >= 11 is 3.38. The van der Waals surface area contributed by atoms with Crippen molar-refractivity contribution in [1.29, 1.82) is 0 Å². The fourth-order valence-corrected chi connectivity index (χ4v) is 5.68. The zero-order valence-electron chi connectivity index (χ0n) is 15.2. The van der Waals surface area contributed by atoms with Gasteiger partial charge in [0.05, 0.1) is 11.3 Å². The van der Waals surface area contributed by atoms with E-state index in [2.05, 4.69) is 26.4 Å². The van der Waals surface area contributed by atoms with E-state index < -0.39 is 9.92 Å². The highest BCUT2D eigenvalue weighted by Crippen LogP contribution is 2.35. The van der Waals surface area contributed by atoms with Crippen molar-refractivity contribution in [3.63, 3.8) is 0 Å². The second-order valence-corrected chi connectivity index (χ2v) is 9.70. The lowest BCUT2D eigenvalue weighted by atomic mass is 9.92. The van der Waals surface area contributed by atoms with Gasteiger partial charge >= 0.3 is 0 Å². The van der Waals surface area contributed by atoms with Crippen LogP contribution < -0.4 is 5.14 Å². The second kappa shape index (κ2) is 7.49. The fourth-order valence-electron chi connectivity index (χ4n) is 4.31. The minimum atomic E-state index is -3.22. The summed E-state index contributed by atoms with van der Waals surface area (Å²) in [6, 6.07) is 9.40. The molecule has 2 aliphatic rings. The molecule has 0 spiro atoms. The number of fused-ring (bicyclic) bond motifs is 2. The van der Waals surface area contributed by atoms with E-state index in [-0.39, 0.29) is 12.3 Å². The largest absolute Gasteiger partial charge is 0.272 e. The van der Waals surface area contributed by atoms with Gasteiger partial charge in [-0.25, -0.2) is 9.35 Å². The molecule has 142 valence electrons. The molecule has 2 N–H and O–H groups in total. The molecule has 2 aromatic rings. The quantitative estimate of drug-likeness (QED) is 0.719. The number of hydrogen-bond donors (Lipinski definition) is 1. The predicted molar refractivity (Wildman–Crippen MR) is 111 cm³/mol. The van der Waals surface area contributed by atoms with Crippen LogP contribution in [0.5, 0.6) is 0 Å². The maximum Gasteiger partial charge on any atom is 0.259 e. The Morgan fingerprint density at radius 1 is 1.04 bits per heavy atom. The first kappa shape index (κ1) is 18.8. The van der Waals surface area contributed by atoms with Gasteiger partial charge in [-0.3, -0.25) is 4.79 Å². The number of carbonyl (C=O) groups excluding carboxylic acids is 1. The molecule has 4 nitrogen and oxygen atoms in total. The predicted octanol–water partition coefficient (Wildman–Crippen LogP) is 4.03. The summed E-state index contributed by atoms with van der Waals surface area (Å²) in [6.07, 6.45) is 6.73. The van der Waals surface area contributed by atoms with Gasteiger partial charge in [-0.05, 0) is 84.0 Å². The summed E-state index contributed by atoms with van der Waals surface area (Å²) in [5, 5.41) is 6.65. The number of aryl methyl sites for hydroxylation is 2. The summed E-state index contributed by atoms with van der Waals surface area (Å²) in [6.45, 7) is 0. The molecule has 4 rings (SSSR count). The summed E-state index contributed by atoms with van der Waals surface area (Å²) in [5.41, 5.74) is 7.61. The number of rotatable bonds is 4. The van der Waals surface area contributed by atoms with Crippen molar-refractivity contribution < 1.29 is 9.00 Å². The topological polar surface area (TPSA) is 72.5 Å². The van der Waals surface area contributed by atoms with Crippen molar-refractivity contribution >= 4 is 31.8 Å². The lowest BCUT2D eigenvalue weighted by Gasteiger charge is -2.14. The van der Waals surface area contributed by atoms with E-state index in [1.54, 1.807) is 12.1 Å². The molecular formula is C21H23BrN2O2S. The molecule has 1 unspecified atom stereocenters. The molecule has 27 heavy (non-hydrogen) atoms. The molecule has 0 saturated carbocycles. The lowest BCUT2D eigenvalue weighted by molar-refractivity contribution is -0.117. The van der Waals surface area contributed by atoms with E-state index in [1.807, 2.05) is 12.1 Å². The van der Waals surface area contributed by atoms with E-state index >= 15 is 0 Å². The zero-order chi connectivity index (χ0) is 19.0. The molecule has 2 aromatic carbocycles. The second-order valence-electron chi connectivity index (χ2n) is 7.35. The Labute approximate surface area is 169 Å². The Balaban J connectivity index is 1.65. The van der Waals surface area contributed by atoms with E-state index in [9.17, 15) is 9.00 Å². The standard InChI is InChI=1S/C21H23BrN2O2S/c22-13-14-7-9-17(10-8-14)27(23,26)24-21(25)12-20-18-5-1-3-15(18)11-16-4-2-6-19(16)20/h7-11H,1-6,12-13H2,(H2,23,24,25,26). The Hall–Kier alpha value is -1.50. The van der Waals surface area contributed by atoms with Crippen molar-refractivity contribution in [2.24, 2.45) is 9.50 Å². The summed E-state index contributed by atoms with van der Waals surface area (Å²) in [7, 11) is -3.22. The van der Waals surface area contributed by atoms with Crippen LogP contribution in [-0.2, 0) is 52.1 Å². The molecule has 0 aromatic heterocycles. The van der Waals surface area contributed by atoms with Crippen LogP contribution in [-0.4, -0.2) is 10.1 Å². The number of alkyl halides is 1. The molecule has 0 heterocycles. The minimum absolute atomic E-state index is 0.208. The van der Waals surface area contributed by atoms with Crippen LogP contribution in [0.3, 0.4) is 0 Å². The summed E-state index contributed by atoms with van der Waals surface area (Å²) < 4.78 is 16.8. The molecule has 0 aliphatic heterocycles. The van der Waals surface area contributed by atoms with Gasteiger partial charge in [-0.15, -0.1) is 4.36 Å². The zero-order valence-corrected chi connectivity index (χ0v) is 17.6. The number of carbonyl (C=O) groups is 1. The maximum atomic E-state index is 12.8. The number of nitrogens with zero attached hydrogens (tertiary/aromatic N) is 1. The molecule has 0 saturated heterocycles. The van der Waals surface area contributed by atoms with E-state index in [0.717, 1.165) is 49.7 Å². The Kier molecular flexibility index (Phi) is 5.23. The molecule has 6 heteroatoms. The molecule has 2 aliphatic carbocycles. The summed E-state index contributed by atoms with van der Waals surface area (Å²) in [5.74, 6) is -0.388. The first-order chi connectivity index (χ1) is 13.0. The summed E-state index contributed by atoms with van der Waals surface area (Å²) in [4.78, 5) is 13.1. The maximum absolute atomic E-state index is 12.8. The molecular weight excluding hydrogens is 424 g/mol. The van der Waals surface area contributed by atoms with Crippen molar-refractivity contribution in [1.82, 2.24) is 0 Å². The van der Waals surface area contributed by atoms with Gasteiger partial charge in [0.25, 0.3) is 5.91 Å². The minimum Gasteiger partial charge on any atom is -0.272 e. The SMILES string of the molecule is NS(=O)(=NC(=O)Cc1c2c(cc3c1CCC3)CCC2)c1ccc(CBr)cc1. The van der Waals surface area contributed by atoms with E-state index in [0.29, 0.717) is 10.2 Å². The van der Waals surface area contributed by atoms with Crippen molar-refractivity contribution in [3.05, 3.63) is 63.7 Å². The van der Waals surface area contributed by atoms with Crippen LogP contribution in [0.4, 0.5) is 0 Å². The number of halogens is 1. The van der Waals surface area contributed by atoms with Gasteiger partial charge < -0.3 is 0 Å². The van der Waals surface area contributed by atoms with Gasteiger partial charge in [0.2, 0.25) is 0 Å². The number of benzene rings is 2. The van der Waals surface area contributed by atoms with Gasteiger partial charge in [0.15, 0.2) is 0 Å². The monoisotopic (exact) mass is 446 g/mol. The Bertz CT molecular complexity index is 989. The van der Waals surface area contributed by atoms with Crippen LogP contribution in [0.2, 0.25) is 0 Å². The first-order valence-corrected chi connectivity index (χ1v) is 12.1. The van der Waals surface area contributed by atoms with Gasteiger partial charge in [0.1, 0.15) is 9.92 Å². The normalized spacial score (nSPS) is 17.3. The first-order valence-electron chi connectivity index (χ1n) is 9.36. The third kappa shape index (κ3) is 3.75. The van der Waals surface area contributed by atoms with Gasteiger partial charge in [-0.2, -0.15) is 0 Å². The third-order valence-electron chi connectivity index (χ3n) is 5.58. The van der Waals surface area contributed by atoms with E-state index in [4.69, 9.17) is 5.14 Å². The Morgan fingerprint density at radius 3 is 2.19 bits per heavy atom. The Morgan fingerprint density at radius 2 is 1.63 bits per heavy atom. The average Bonchev–Trinajstić information content (AvgIpc) is 3.30. The highest BCUT2D eigenvalue weighted by Gasteiger charge is 2.25. The van der Waals surface area contributed by atoms with Crippen LogP contribution in [0.25, 0.3) is 0 Å². The third-order valence-corrected chi connectivity index (χ3v) is 7.65. The molecule has 0 fully saturated rings. The van der Waals surface area contributed by atoms with Gasteiger partial charge in [-0.1, -0.05) is 34.1 Å². The number of hydrogen-bond acceptors (Lipinski definition) is 2. The van der Waals surface area contributed by atoms with Gasteiger partial charge in [0, 0.05) is 5.33 Å². The smallest absolute Gasteiger partial charge is 0.259 e. The highest BCUT2D eigenvalue weighted by atomic mass is 79.9. The number of amides is 1. The molecule has 0 radical (unpaired) electrons. The molecule has 0 bridgehead atoms. The van der Waals surface area contributed by atoms with E-state index in [1.165, 1.54) is 22.3 Å². The number of nitrogens with two attached hydrogens (primary N) is 1. The van der Waals surface area contributed by atoms with Crippen molar-refractivity contribution in [3.8, 4) is 0 Å². The molecule has 1 atom stereocenters. The lowest BCUT2D eigenvalue weighted by Crippen LogP contribution is -2.16. The fraction of sp³-hybridized carbons (Fsp3) is 0.381. The van der Waals surface area contributed by atoms with Crippen LogP contribution in [0.15, 0.2) is 39.6 Å². The average molecular weight is 447 g/mol. The molecule has 1 amide bonds. The van der Waals surface area contributed by atoms with Crippen molar-refractivity contribution in [2.45, 2.75) is 55.2 Å².